The van der Waals surface area contributed by atoms with Crippen molar-refractivity contribution in [2.24, 2.45) is 11.8 Å². The Bertz CT molecular complexity index is 173. The number of hydrogen-bond acceptors (Lipinski definition) is 2. The summed E-state index contributed by atoms with van der Waals surface area (Å²) in [6, 6.07) is 0.460. The summed E-state index contributed by atoms with van der Waals surface area (Å²) in [5, 5.41) is 10.3. The molecule has 0 saturated carbocycles. The lowest BCUT2D eigenvalue weighted by molar-refractivity contribution is 0.0511. The van der Waals surface area contributed by atoms with Gasteiger partial charge in [-0.05, 0) is 31.6 Å². The minimum atomic E-state index is 0.0196. The summed E-state index contributed by atoms with van der Waals surface area (Å²) < 4.78 is 5.66. The quantitative estimate of drug-likeness (QED) is 0.533. The smallest absolute Gasteiger partial charge is 0.0823 e. The van der Waals surface area contributed by atoms with Gasteiger partial charge in [-0.1, -0.05) is 27.7 Å². The largest absolute Gasteiger partial charge is 0.380 e. The van der Waals surface area contributed by atoms with E-state index in [9.17, 15) is 5.11 Å². The SMILES string of the molecule is CC(C)CN(CC(C)C)C(C)COCCCC[O]. The molecule has 1 atom stereocenters. The standard InChI is InChI=1S/C15H32NO2/c1-13(2)10-16(11-14(3)4)15(5)12-18-9-7-6-8-17/h13-15H,6-12H2,1-5H3. The molecule has 109 valence electrons. The van der Waals surface area contributed by atoms with Gasteiger partial charge < -0.3 is 4.74 Å². The normalized spacial score (nSPS) is 13.8. The van der Waals surface area contributed by atoms with Crippen molar-refractivity contribution >= 4 is 0 Å². The summed E-state index contributed by atoms with van der Waals surface area (Å²) in [4.78, 5) is 2.52. The first-order valence-electron chi connectivity index (χ1n) is 7.37. The molecule has 0 fully saturated rings. The zero-order valence-electron chi connectivity index (χ0n) is 12.9. The fourth-order valence-corrected chi connectivity index (χ4v) is 2.04. The van der Waals surface area contributed by atoms with E-state index in [1.165, 1.54) is 0 Å². The second-order valence-corrected chi connectivity index (χ2v) is 6.08. The Morgan fingerprint density at radius 1 is 0.944 bits per heavy atom. The molecule has 0 heterocycles. The Hall–Kier alpha value is -0.120. The fourth-order valence-electron chi connectivity index (χ4n) is 2.04. The molecule has 3 nitrogen and oxygen atoms in total. The molecule has 0 aliphatic rings. The molecule has 0 aliphatic carbocycles. The van der Waals surface area contributed by atoms with Gasteiger partial charge >= 0.3 is 0 Å². The minimum Gasteiger partial charge on any atom is -0.380 e. The third-order valence-electron chi connectivity index (χ3n) is 2.86. The van der Waals surface area contributed by atoms with E-state index in [4.69, 9.17) is 4.74 Å². The molecule has 1 unspecified atom stereocenters. The van der Waals surface area contributed by atoms with Crippen LogP contribution in [0.15, 0.2) is 0 Å². The average Bonchev–Trinajstić information content (AvgIpc) is 2.26. The van der Waals surface area contributed by atoms with Gasteiger partial charge in [0.1, 0.15) is 0 Å². The van der Waals surface area contributed by atoms with Crippen LogP contribution in [0.1, 0.15) is 47.5 Å². The van der Waals surface area contributed by atoms with Crippen LogP contribution in [0.4, 0.5) is 0 Å². The maximum absolute atomic E-state index is 10.3. The first-order chi connectivity index (χ1) is 8.47. The lowest BCUT2D eigenvalue weighted by Crippen LogP contribution is -2.41. The van der Waals surface area contributed by atoms with Crippen LogP contribution in [0.25, 0.3) is 0 Å². The van der Waals surface area contributed by atoms with E-state index in [2.05, 4.69) is 39.5 Å². The second-order valence-electron chi connectivity index (χ2n) is 6.08. The Morgan fingerprint density at radius 3 is 1.94 bits per heavy atom. The molecule has 0 rings (SSSR count). The predicted molar refractivity (Wildman–Crippen MR) is 76.3 cm³/mol. The van der Waals surface area contributed by atoms with Crippen LogP contribution in [0.5, 0.6) is 0 Å². The Labute approximate surface area is 114 Å². The predicted octanol–water partition coefficient (Wildman–Crippen LogP) is 3.22. The first-order valence-corrected chi connectivity index (χ1v) is 7.37. The molecule has 0 N–H and O–H groups in total. The maximum atomic E-state index is 10.3. The summed E-state index contributed by atoms with van der Waals surface area (Å²) in [5.41, 5.74) is 0. The molecule has 0 aliphatic heterocycles. The summed E-state index contributed by atoms with van der Waals surface area (Å²) >= 11 is 0. The molecule has 0 aromatic heterocycles. The van der Waals surface area contributed by atoms with Crippen molar-refractivity contribution < 1.29 is 9.84 Å². The Morgan fingerprint density at radius 2 is 1.50 bits per heavy atom. The van der Waals surface area contributed by atoms with Gasteiger partial charge in [-0.25, -0.2) is 5.11 Å². The summed E-state index contributed by atoms with van der Waals surface area (Å²) in [7, 11) is 0. The van der Waals surface area contributed by atoms with Gasteiger partial charge in [0.25, 0.3) is 0 Å². The maximum Gasteiger partial charge on any atom is 0.0823 e. The fraction of sp³-hybridized carbons (Fsp3) is 1.00. The summed E-state index contributed by atoms with van der Waals surface area (Å²) in [6.07, 6.45) is 1.63. The van der Waals surface area contributed by atoms with Crippen molar-refractivity contribution in [1.29, 1.82) is 0 Å². The van der Waals surface area contributed by atoms with Gasteiger partial charge in [0.05, 0.1) is 13.2 Å². The zero-order chi connectivity index (χ0) is 14.0. The van der Waals surface area contributed by atoms with Crippen molar-refractivity contribution in [3.63, 3.8) is 0 Å². The van der Waals surface area contributed by atoms with Gasteiger partial charge in [0, 0.05) is 25.7 Å². The molecule has 0 aromatic carbocycles. The molecule has 3 heteroatoms. The molecule has 1 radical (unpaired) electrons. The Kier molecular flexibility index (Phi) is 10.7. The highest BCUT2D eigenvalue weighted by molar-refractivity contribution is 4.69. The highest BCUT2D eigenvalue weighted by Gasteiger charge is 2.16. The van der Waals surface area contributed by atoms with Crippen LogP contribution in [0, 0.1) is 11.8 Å². The van der Waals surface area contributed by atoms with E-state index in [1.807, 2.05) is 0 Å². The number of ether oxygens (including phenoxy) is 1. The van der Waals surface area contributed by atoms with Crippen LogP contribution in [-0.4, -0.2) is 43.9 Å². The molecule has 0 saturated heterocycles. The van der Waals surface area contributed by atoms with Crippen LogP contribution >= 0.6 is 0 Å². The van der Waals surface area contributed by atoms with E-state index >= 15 is 0 Å². The molecule has 0 spiro atoms. The molecular weight excluding hydrogens is 226 g/mol. The average molecular weight is 258 g/mol. The number of rotatable bonds is 11. The first kappa shape index (κ1) is 17.9. The van der Waals surface area contributed by atoms with Crippen LogP contribution in [-0.2, 0) is 9.84 Å². The van der Waals surface area contributed by atoms with Crippen LogP contribution < -0.4 is 0 Å². The molecule has 18 heavy (non-hydrogen) atoms. The van der Waals surface area contributed by atoms with Gasteiger partial charge in [0.2, 0.25) is 0 Å². The summed E-state index contributed by atoms with van der Waals surface area (Å²) in [6.45, 7) is 15.0. The third kappa shape index (κ3) is 9.86. The zero-order valence-corrected chi connectivity index (χ0v) is 12.9. The van der Waals surface area contributed by atoms with E-state index in [1.54, 1.807) is 0 Å². The van der Waals surface area contributed by atoms with Crippen molar-refractivity contribution in [1.82, 2.24) is 4.90 Å². The molecular formula is C15H32NO2. The van der Waals surface area contributed by atoms with Crippen molar-refractivity contribution in [2.45, 2.75) is 53.5 Å². The summed E-state index contributed by atoms with van der Waals surface area (Å²) in [5.74, 6) is 1.37. The molecule has 0 amide bonds. The minimum absolute atomic E-state index is 0.0196. The van der Waals surface area contributed by atoms with Gasteiger partial charge in [-0.3, -0.25) is 4.90 Å². The van der Waals surface area contributed by atoms with Crippen molar-refractivity contribution in [2.75, 3.05) is 32.9 Å². The van der Waals surface area contributed by atoms with E-state index < -0.39 is 0 Å². The monoisotopic (exact) mass is 258 g/mol. The number of unbranched alkanes of at least 4 members (excludes halogenated alkanes) is 1. The van der Waals surface area contributed by atoms with Gasteiger partial charge in [-0.2, -0.15) is 0 Å². The van der Waals surface area contributed by atoms with Crippen molar-refractivity contribution in [3.05, 3.63) is 0 Å². The highest BCUT2D eigenvalue weighted by atomic mass is 16.5. The molecule has 0 bridgehead atoms. The lowest BCUT2D eigenvalue weighted by Gasteiger charge is -2.32. The van der Waals surface area contributed by atoms with Gasteiger partial charge in [-0.15, -0.1) is 0 Å². The van der Waals surface area contributed by atoms with E-state index in [0.29, 0.717) is 17.9 Å². The van der Waals surface area contributed by atoms with E-state index in [0.717, 1.165) is 39.1 Å². The third-order valence-corrected chi connectivity index (χ3v) is 2.86. The number of nitrogens with zero attached hydrogens (tertiary/aromatic N) is 1. The lowest BCUT2D eigenvalue weighted by atomic mass is 10.1. The highest BCUT2D eigenvalue weighted by Crippen LogP contribution is 2.09. The topological polar surface area (TPSA) is 32.4 Å². The van der Waals surface area contributed by atoms with Gasteiger partial charge in [0.15, 0.2) is 0 Å². The van der Waals surface area contributed by atoms with Crippen LogP contribution in [0.3, 0.4) is 0 Å². The molecule has 0 aromatic rings. The Balaban J connectivity index is 3.92. The van der Waals surface area contributed by atoms with Crippen LogP contribution in [0.2, 0.25) is 0 Å². The van der Waals surface area contributed by atoms with E-state index in [-0.39, 0.29) is 6.61 Å². The van der Waals surface area contributed by atoms with Crippen molar-refractivity contribution in [3.8, 4) is 0 Å². The number of hydrogen-bond donors (Lipinski definition) is 0. The second kappa shape index (κ2) is 10.8.